The molecule has 1 aromatic carbocycles. The number of benzene rings is 1. The van der Waals surface area contributed by atoms with Gasteiger partial charge < -0.3 is 4.74 Å². The molecule has 1 aromatic rings. The van der Waals surface area contributed by atoms with Crippen LogP contribution < -0.4 is 10.1 Å². The summed E-state index contributed by atoms with van der Waals surface area (Å²) in [5, 5.41) is 2.32. The first-order valence-electron chi connectivity index (χ1n) is 5.74. The minimum absolute atomic E-state index is 0.163. The topological polar surface area (TPSA) is 55.4 Å². The number of carbonyl (C=O) groups excluding carboxylic acids is 2. The molecule has 0 unspecified atom stereocenters. The van der Waals surface area contributed by atoms with E-state index in [2.05, 4.69) is 5.32 Å². The second-order valence-electron chi connectivity index (χ2n) is 4.09. The number of ether oxygens (including phenoxy) is 1. The molecule has 1 heterocycles. The maximum Gasteiger partial charge on any atom is 0.230 e. The third-order valence-electron chi connectivity index (χ3n) is 2.78. The zero-order valence-electron chi connectivity index (χ0n) is 9.73. The van der Waals surface area contributed by atoms with Crippen LogP contribution in [0.5, 0.6) is 5.75 Å². The Morgan fingerprint density at radius 2 is 2.00 bits per heavy atom. The SMILES string of the molecule is CCOc1ccc(C[C@@H]2CC(=O)NC2=O)cc1. The Bertz CT molecular complexity index is 425. The quantitative estimate of drug-likeness (QED) is 0.797. The highest BCUT2D eigenvalue weighted by Gasteiger charge is 2.30. The van der Waals surface area contributed by atoms with Crippen LogP contribution in [0.15, 0.2) is 24.3 Å². The van der Waals surface area contributed by atoms with Crippen LogP contribution in [0.1, 0.15) is 18.9 Å². The lowest BCUT2D eigenvalue weighted by atomic mass is 9.98. The van der Waals surface area contributed by atoms with E-state index in [1.54, 1.807) is 0 Å². The number of nitrogens with one attached hydrogen (secondary N) is 1. The van der Waals surface area contributed by atoms with E-state index in [-0.39, 0.29) is 17.7 Å². The first kappa shape index (κ1) is 11.6. The fourth-order valence-corrected chi connectivity index (χ4v) is 1.94. The molecule has 1 aliphatic rings. The Balaban J connectivity index is 1.99. The van der Waals surface area contributed by atoms with E-state index in [4.69, 9.17) is 4.74 Å². The van der Waals surface area contributed by atoms with E-state index < -0.39 is 0 Å². The third kappa shape index (κ3) is 2.84. The highest BCUT2D eigenvalue weighted by Crippen LogP contribution is 2.19. The van der Waals surface area contributed by atoms with Crippen molar-refractivity contribution in [3.63, 3.8) is 0 Å². The summed E-state index contributed by atoms with van der Waals surface area (Å²) in [6, 6.07) is 7.63. The van der Waals surface area contributed by atoms with Gasteiger partial charge in [-0.2, -0.15) is 0 Å². The molecule has 1 atom stereocenters. The fraction of sp³-hybridized carbons (Fsp3) is 0.385. The molecular formula is C13H15NO3. The van der Waals surface area contributed by atoms with Crippen LogP contribution in [0.3, 0.4) is 0 Å². The van der Waals surface area contributed by atoms with Gasteiger partial charge in [-0.3, -0.25) is 14.9 Å². The van der Waals surface area contributed by atoms with Crippen molar-refractivity contribution in [3.8, 4) is 5.75 Å². The highest BCUT2D eigenvalue weighted by atomic mass is 16.5. The lowest BCUT2D eigenvalue weighted by Crippen LogP contribution is -2.22. The minimum atomic E-state index is -0.222. The summed E-state index contributed by atoms with van der Waals surface area (Å²) in [7, 11) is 0. The Hall–Kier alpha value is -1.84. The van der Waals surface area contributed by atoms with Crippen molar-refractivity contribution in [2.75, 3.05) is 6.61 Å². The Labute approximate surface area is 100.0 Å². The average molecular weight is 233 g/mol. The van der Waals surface area contributed by atoms with E-state index in [9.17, 15) is 9.59 Å². The largest absolute Gasteiger partial charge is 0.494 e. The minimum Gasteiger partial charge on any atom is -0.494 e. The van der Waals surface area contributed by atoms with Gasteiger partial charge in [0.05, 0.1) is 12.5 Å². The van der Waals surface area contributed by atoms with E-state index in [1.165, 1.54) is 0 Å². The Morgan fingerprint density at radius 1 is 1.29 bits per heavy atom. The second-order valence-corrected chi connectivity index (χ2v) is 4.09. The Morgan fingerprint density at radius 3 is 2.53 bits per heavy atom. The van der Waals surface area contributed by atoms with E-state index >= 15 is 0 Å². The number of imide groups is 1. The molecule has 4 heteroatoms. The molecule has 0 radical (unpaired) electrons. The van der Waals surface area contributed by atoms with Crippen LogP contribution in [0, 0.1) is 5.92 Å². The summed E-state index contributed by atoms with van der Waals surface area (Å²) >= 11 is 0. The summed E-state index contributed by atoms with van der Waals surface area (Å²) in [6.07, 6.45) is 0.899. The molecule has 1 fully saturated rings. The molecule has 2 amide bonds. The molecule has 1 saturated heterocycles. The Kier molecular flexibility index (Phi) is 3.42. The van der Waals surface area contributed by atoms with Gasteiger partial charge in [-0.25, -0.2) is 0 Å². The molecule has 4 nitrogen and oxygen atoms in total. The molecule has 0 aromatic heterocycles. The van der Waals surface area contributed by atoms with Crippen LogP contribution in [-0.2, 0) is 16.0 Å². The lowest BCUT2D eigenvalue weighted by Gasteiger charge is -2.07. The van der Waals surface area contributed by atoms with Crippen LogP contribution >= 0.6 is 0 Å². The molecule has 0 bridgehead atoms. The zero-order chi connectivity index (χ0) is 12.3. The molecular weight excluding hydrogens is 218 g/mol. The maximum absolute atomic E-state index is 11.4. The van der Waals surface area contributed by atoms with Crippen molar-refractivity contribution < 1.29 is 14.3 Å². The van der Waals surface area contributed by atoms with Gasteiger partial charge in [0.25, 0.3) is 0 Å². The number of amides is 2. The predicted octanol–water partition coefficient (Wildman–Crippen LogP) is 1.29. The summed E-state index contributed by atoms with van der Waals surface area (Å²) in [5.41, 5.74) is 1.04. The van der Waals surface area contributed by atoms with E-state index in [0.29, 0.717) is 19.4 Å². The van der Waals surface area contributed by atoms with E-state index in [1.807, 2.05) is 31.2 Å². The number of hydrogen-bond donors (Lipinski definition) is 1. The normalized spacial score (nSPS) is 19.2. The maximum atomic E-state index is 11.4. The molecule has 0 spiro atoms. The van der Waals surface area contributed by atoms with Crippen LogP contribution in [-0.4, -0.2) is 18.4 Å². The standard InChI is InChI=1S/C13H15NO3/c1-2-17-11-5-3-9(4-6-11)7-10-8-12(15)14-13(10)16/h3-6,10H,2,7-8H2,1H3,(H,14,15,16)/t10-/m1/s1. The van der Waals surface area contributed by atoms with Crippen LogP contribution in [0.4, 0.5) is 0 Å². The summed E-state index contributed by atoms with van der Waals surface area (Å²) < 4.78 is 5.34. The summed E-state index contributed by atoms with van der Waals surface area (Å²) in [5.74, 6) is 0.262. The molecule has 0 aliphatic carbocycles. The van der Waals surface area contributed by atoms with Crippen molar-refractivity contribution in [2.24, 2.45) is 5.92 Å². The van der Waals surface area contributed by atoms with Gasteiger partial charge in [0.15, 0.2) is 0 Å². The summed E-state index contributed by atoms with van der Waals surface area (Å²) in [6.45, 7) is 2.57. The number of rotatable bonds is 4. The lowest BCUT2D eigenvalue weighted by molar-refractivity contribution is -0.125. The molecule has 1 N–H and O–H groups in total. The van der Waals surface area contributed by atoms with Gasteiger partial charge in [-0.15, -0.1) is 0 Å². The second kappa shape index (κ2) is 4.99. The molecule has 0 saturated carbocycles. The van der Waals surface area contributed by atoms with Gasteiger partial charge in [0, 0.05) is 6.42 Å². The van der Waals surface area contributed by atoms with Gasteiger partial charge in [0.2, 0.25) is 11.8 Å². The smallest absolute Gasteiger partial charge is 0.230 e. The first-order valence-corrected chi connectivity index (χ1v) is 5.74. The molecule has 17 heavy (non-hydrogen) atoms. The fourth-order valence-electron chi connectivity index (χ4n) is 1.94. The van der Waals surface area contributed by atoms with Crippen molar-refractivity contribution in [1.82, 2.24) is 5.32 Å². The monoisotopic (exact) mass is 233 g/mol. The van der Waals surface area contributed by atoms with Crippen molar-refractivity contribution in [1.29, 1.82) is 0 Å². The molecule has 1 aliphatic heterocycles. The van der Waals surface area contributed by atoms with Crippen molar-refractivity contribution >= 4 is 11.8 Å². The summed E-state index contributed by atoms with van der Waals surface area (Å²) in [4.78, 5) is 22.4. The highest BCUT2D eigenvalue weighted by molar-refractivity contribution is 6.03. The first-order chi connectivity index (χ1) is 8.19. The number of hydrogen-bond acceptors (Lipinski definition) is 3. The van der Waals surface area contributed by atoms with Gasteiger partial charge >= 0.3 is 0 Å². The van der Waals surface area contributed by atoms with E-state index in [0.717, 1.165) is 11.3 Å². The van der Waals surface area contributed by atoms with Gasteiger partial charge in [0.1, 0.15) is 5.75 Å². The predicted molar refractivity (Wildman–Crippen MR) is 62.6 cm³/mol. The van der Waals surface area contributed by atoms with Crippen LogP contribution in [0.2, 0.25) is 0 Å². The zero-order valence-corrected chi connectivity index (χ0v) is 9.73. The van der Waals surface area contributed by atoms with Gasteiger partial charge in [-0.1, -0.05) is 12.1 Å². The van der Waals surface area contributed by atoms with Crippen molar-refractivity contribution in [3.05, 3.63) is 29.8 Å². The third-order valence-corrected chi connectivity index (χ3v) is 2.78. The van der Waals surface area contributed by atoms with Crippen LogP contribution in [0.25, 0.3) is 0 Å². The number of carbonyl (C=O) groups is 2. The average Bonchev–Trinajstić information content (AvgIpc) is 2.61. The van der Waals surface area contributed by atoms with Crippen molar-refractivity contribution in [2.45, 2.75) is 19.8 Å². The van der Waals surface area contributed by atoms with Gasteiger partial charge in [-0.05, 0) is 31.0 Å². The molecule has 2 rings (SSSR count). The molecule has 90 valence electrons.